The van der Waals surface area contributed by atoms with Gasteiger partial charge in [0.15, 0.2) is 6.04 Å². The van der Waals surface area contributed by atoms with Gasteiger partial charge in [0.05, 0.1) is 17.8 Å². The van der Waals surface area contributed by atoms with Crippen LogP contribution < -0.4 is 15.0 Å². The SMILES string of the molecule is C=CCOc1ccc(C[NH+](C)[C@H](C)C(=O)Nc2cc(Cl)ccc2Cl)cc1. The molecule has 0 saturated carbocycles. The predicted molar refractivity (Wildman–Crippen MR) is 107 cm³/mol. The van der Waals surface area contributed by atoms with E-state index < -0.39 is 0 Å². The molecule has 0 aliphatic rings. The van der Waals surface area contributed by atoms with Gasteiger partial charge >= 0.3 is 0 Å². The number of hydrogen-bond donors (Lipinski definition) is 2. The lowest BCUT2D eigenvalue weighted by atomic mass is 10.1. The number of hydrogen-bond acceptors (Lipinski definition) is 2. The first-order valence-electron chi connectivity index (χ1n) is 8.31. The molecule has 0 radical (unpaired) electrons. The Hall–Kier alpha value is -2.01. The molecule has 2 aromatic rings. The van der Waals surface area contributed by atoms with E-state index in [9.17, 15) is 4.79 Å². The van der Waals surface area contributed by atoms with Gasteiger partial charge in [-0.3, -0.25) is 4.79 Å². The number of halogens is 2. The number of ether oxygens (including phenoxy) is 1. The summed E-state index contributed by atoms with van der Waals surface area (Å²) in [5.74, 6) is 0.685. The number of rotatable bonds is 8. The zero-order chi connectivity index (χ0) is 19.1. The predicted octanol–water partition coefficient (Wildman–Crippen LogP) is 3.60. The van der Waals surface area contributed by atoms with Crippen LogP contribution in [0.1, 0.15) is 12.5 Å². The summed E-state index contributed by atoms with van der Waals surface area (Å²) < 4.78 is 5.48. The molecule has 2 aromatic carbocycles. The maximum atomic E-state index is 12.5. The van der Waals surface area contributed by atoms with E-state index in [-0.39, 0.29) is 11.9 Å². The van der Waals surface area contributed by atoms with Gasteiger partial charge in [0.1, 0.15) is 18.9 Å². The second kappa shape index (κ2) is 9.62. The van der Waals surface area contributed by atoms with E-state index >= 15 is 0 Å². The minimum absolute atomic E-state index is 0.113. The molecule has 1 unspecified atom stereocenters. The van der Waals surface area contributed by atoms with Gasteiger partial charge in [-0.1, -0.05) is 35.9 Å². The lowest BCUT2D eigenvalue weighted by Crippen LogP contribution is -3.12. The molecule has 2 rings (SSSR count). The Balaban J connectivity index is 1.95. The van der Waals surface area contributed by atoms with Crippen LogP contribution in [0.4, 0.5) is 5.69 Å². The highest BCUT2D eigenvalue weighted by Crippen LogP contribution is 2.25. The molecule has 0 aliphatic carbocycles. The zero-order valence-electron chi connectivity index (χ0n) is 14.9. The van der Waals surface area contributed by atoms with Crippen LogP contribution >= 0.6 is 23.2 Å². The first-order chi connectivity index (χ1) is 12.4. The summed E-state index contributed by atoms with van der Waals surface area (Å²) in [7, 11) is 1.98. The second-order valence-electron chi connectivity index (χ2n) is 6.10. The summed E-state index contributed by atoms with van der Waals surface area (Å²) in [4.78, 5) is 13.6. The maximum Gasteiger partial charge on any atom is 0.282 e. The molecule has 0 bridgehead atoms. The molecule has 6 heteroatoms. The van der Waals surface area contributed by atoms with E-state index in [2.05, 4.69) is 11.9 Å². The van der Waals surface area contributed by atoms with E-state index in [1.54, 1.807) is 24.3 Å². The van der Waals surface area contributed by atoms with Crippen LogP contribution in [0.25, 0.3) is 0 Å². The molecular formula is C20H23Cl2N2O2+. The number of quaternary nitrogens is 1. The van der Waals surface area contributed by atoms with Crippen molar-refractivity contribution >= 4 is 34.8 Å². The molecule has 2 N–H and O–H groups in total. The summed E-state index contributed by atoms with van der Waals surface area (Å²) in [6.07, 6.45) is 1.71. The van der Waals surface area contributed by atoms with E-state index in [0.717, 1.165) is 16.2 Å². The van der Waals surface area contributed by atoms with Gasteiger partial charge in [-0.25, -0.2) is 0 Å². The summed E-state index contributed by atoms with van der Waals surface area (Å²) >= 11 is 12.1. The molecular weight excluding hydrogens is 371 g/mol. The van der Waals surface area contributed by atoms with E-state index in [4.69, 9.17) is 27.9 Å². The Morgan fingerprint density at radius 2 is 1.96 bits per heavy atom. The monoisotopic (exact) mass is 393 g/mol. The average molecular weight is 394 g/mol. The number of likely N-dealkylation sites (N-methyl/N-ethyl adjacent to an activating group) is 1. The van der Waals surface area contributed by atoms with Crippen molar-refractivity contribution in [2.75, 3.05) is 19.0 Å². The van der Waals surface area contributed by atoms with Crippen molar-refractivity contribution in [2.24, 2.45) is 0 Å². The van der Waals surface area contributed by atoms with Crippen molar-refractivity contribution < 1.29 is 14.4 Å². The van der Waals surface area contributed by atoms with Gasteiger partial charge in [-0.2, -0.15) is 0 Å². The van der Waals surface area contributed by atoms with Gasteiger partial charge in [-0.05, 0) is 49.4 Å². The van der Waals surface area contributed by atoms with Gasteiger partial charge in [0.2, 0.25) is 0 Å². The largest absolute Gasteiger partial charge is 0.490 e. The van der Waals surface area contributed by atoms with Crippen LogP contribution in [0.2, 0.25) is 10.0 Å². The number of nitrogens with one attached hydrogen (secondary N) is 2. The van der Waals surface area contributed by atoms with Crippen molar-refractivity contribution in [3.63, 3.8) is 0 Å². The summed E-state index contributed by atoms with van der Waals surface area (Å²) in [5, 5.41) is 3.83. The third-order valence-electron chi connectivity index (χ3n) is 4.09. The minimum Gasteiger partial charge on any atom is -0.490 e. The summed E-state index contributed by atoms with van der Waals surface area (Å²) in [5.41, 5.74) is 1.64. The molecule has 1 amide bonds. The number of benzene rings is 2. The fraction of sp³-hybridized carbons (Fsp3) is 0.250. The first kappa shape index (κ1) is 20.3. The van der Waals surface area contributed by atoms with Crippen LogP contribution in [0.5, 0.6) is 5.75 Å². The third-order valence-corrected chi connectivity index (χ3v) is 4.66. The van der Waals surface area contributed by atoms with Crippen molar-refractivity contribution in [3.8, 4) is 5.75 Å². The molecule has 138 valence electrons. The van der Waals surface area contributed by atoms with E-state index in [1.165, 1.54) is 0 Å². The highest BCUT2D eigenvalue weighted by molar-refractivity contribution is 6.35. The Morgan fingerprint density at radius 1 is 1.27 bits per heavy atom. The molecule has 0 saturated heterocycles. The van der Waals surface area contributed by atoms with Gasteiger partial charge in [0, 0.05) is 10.6 Å². The molecule has 0 aliphatic heterocycles. The Labute approximate surface area is 164 Å². The fourth-order valence-electron chi connectivity index (χ4n) is 2.39. The number of carbonyl (C=O) groups excluding carboxylic acids is 1. The van der Waals surface area contributed by atoms with Gasteiger partial charge < -0.3 is 15.0 Å². The van der Waals surface area contributed by atoms with Gasteiger partial charge in [-0.15, -0.1) is 0 Å². The number of carbonyl (C=O) groups is 1. The number of amides is 1. The van der Waals surface area contributed by atoms with Gasteiger partial charge in [0.25, 0.3) is 5.91 Å². The lowest BCUT2D eigenvalue weighted by molar-refractivity contribution is -0.907. The van der Waals surface area contributed by atoms with Crippen LogP contribution in [0, 0.1) is 0 Å². The maximum absolute atomic E-state index is 12.5. The zero-order valence-corrected chi connectivity index (χ0v) is 16.4. The Kier molecular flexibility index (Phi) is 7.51. The molecule has 0 aromatic heterocycles. The molecule has 0 fully saturated rings. The van der Waals surface area contributed by atoms with Crippen molar-refractivity contribution in [1.82, 2.24) is 0 Å². The average Bonchev–Trinajstić information content (AvgIpc) is 2.63. The molecule has 0 spiro atoms. The Morgan fingerprint density at radius 3 is 2.62 bits per heavy atom. The topological polar surface area (TPSA) is 42.8 Å². The molecule has 0 heterocycles. The summed E-state index contributed by atoms with van der Waals surface area (Å²) in [6.45, 7) is 6.69. The van der Waals surface area contributed by atoms with Crippen LogP contribution in [0.3, 0.4) is 0 Å². The van der Waals surface area contributed by atoms with Crippen molar-refractivity contribution in [1.29, 1.82) is 0 Å². The highest BCUT2D eigenvalue weighted by Gasteiger charge is 2.22. The molecule has 4 nitrogen and oxygen atoms in total. The fourth-order valence-corrected chi connectivity index (χ4v) is 2.73. The minimum atomic E-state index is -0.262. The van der Waals surface area contributed by atoms with E-state index in [1.807, 2.05) is 38.2 Å². The highest BCUT2D eigenvalue weighted by atomic mass is 35.5. The van der Waals surface area contributed by atoms with E-state index in [0.29, 0.717) is 28.9 Å². The van der Waals surface area contributed by atoms with Crippen molar-refractivity contribution in [2.45, 2.75) is 19.5 Å². The van der Waals surface area contributed by atoms with Crippen LogP contribution in [-0.4, -0.2) is 25.6 Å². The lowest BCUT2D eigenvalue weighted by Gasteiger charge is -2.21. The van der Waals surface area contributed by atoms with Crippen LogP contribution in [-0.2, 0) is 11.3 Å². The third kappa shape index (κ3) is 5.77. The van der Waals surface area contributed by atoms with Crippen LogP contribution in [0.15, 0.2) is 55.1 Å². The molecule has 26 heavy (non-hydrogen) atoms. The first-order valence-corrected chi connectivity index (χ1v) is 9.07. The summed E-state index contributed by atoms with van der Waals surface area (Å²) in [6, 6.07) is 12.6. The quantitative estimate of drug-likeness (QED) is 0.672. The Bertz CT molecular complexity index is 763. The number of anilines is 1. The van der Waals surface area contributed by atoms with Crippen molar-refractivity contribution in [3.05, 3.63) is 70.7 Å². The molecule has 2 atom stereocenters. The second-order valence-corrected chi connectivity index (χ2v) is 6.95. The smallest absolute Gasteiger partial charge is 0.282 e. The standard InChI is InChI=1S/C20H22Cl2N2O2/c1-4-11-26-17-8-5-15(6-9-17)13-24(3)14(2)20(25)23-19-12-16(21)7-10-18(19)22/h4-10,12,14H,1,11,13H2,2-3H3,(H,23,25)/p+1/t14-/m1/s1. The normalized spacial score (nSPS) is 12.9.